The molecule has 3 rings (SSSR count). The van der Waals surface area contributed by atoms with Gasteiger partial charge in [0.05, 0.1) is 17.2 Å². The predicted octanol–water partition coefficient (Wildman–Crippen LogP) is 2.94. The summed E-state index contributed by atoms with van der Waals surface area (Å²) in [5, 5.41) is 6.36. The van der Waals surface area contributed by atoms with Gasteiger partial charge in [-0.3, -0.25) is 4.79 Å². The Morgan fingerprint density at radius 1 is 1.35 bits per heavy atom. The molecule has 1 aliphatic rings. The number of anilines is 1. The summed E-state index contributed by atoms with van der Waals surface area (Å²) >= 11 is 1.41. The highest BCUT2D eigenvalue weighted by molar-refractivity contribution is 7.13. The second kappa shape index (κ2) is 7.74. The third kappa shape index (κ3) is 3.96. The fraction of sp³-hybridized carbons (Fsp3) is 0.389. The first-order chi connectivity index (χ1) is 12.5. The van der Waals surface area contributed by atoms with Crippen molar-refractivity contribution >= 4 is 29.0 Å². The summed E-state index contributed by atoms with van der Waals surface area (Å²) in [5.74, 6) is 0.700. The van der Waals surface area contributed by atoms with E-state index in [1.54, 1.807) is 11.0 Å². The van der Waals surface area contributed by atoms with Crippen LogP contribution in [0.15, 0.2) is 18.2 Å². The summed E-state index contributed by atoms with van der Waals surface area (Å²) in [4.78, 5) is 31.4. The van der Waals surface area contributed by atoms with Gasteiger partial charge < -0.3 is 20.3 Å². The Hall–Kier alpha value is -2.61. The van der Waals surface area contributed by atoms with Crippen molar-refractivity contribution in [1.82, 2.24) is 15.2 Å². The molecular formula is C18H22N4O3S. The Kier molecular flexibility index (Phi) is 5.41. The van der Waals surface area contributed by atoms with E-state index in [-0.39, 0.29) is 11.9 Å². The molecular weight excluding hydrogens is 352 g/mol. The normalized spacial score (nSPS) is 13.4. The van der Waals surface area contributed by atoms with Crippen molar-refractivity contribution in [2.45, 2.75) is 27.3 Å². The number of hydrogen-bond acceptors (Lipinski definition) is 5. The lowest BCUT2D eigenvalue weighted by atomic mass is 10.1. The Morgan fingerprint density at radius 2 is 2.15 bits per heavy atom. The lowest BCUT2D eigenvalue weighted by molar-refractivity contribution is 0.0737. The molecule has 2 aromatic rings. The second-order valence-electron chi connectivity index (χ2n) is 6.03. The lowest BCUT2D eigenvalue weighted by Gasteiger charge is -2.19. The van der Waals surface area contributed by atoms with Gasteiger partial charge in [-0.1, -0.05) is 0 Å². The zero-order valence-electron chi connectivity index (χ0n) is 15.1. The molecule has 0 aliphatic carbocycles. The van der Waals surface area contributed by atoms with E-state index in [2.05, 4.69) is 15.6 Å². The maximum Gasteiger partial charge on any atom is 0.319 e. The maximum atomic E-state index is 12.9. The minimum Gasteiger partial charge on any atom is -0.491 e. The van der Waals surface area contributed by atoms with Crippen molar-refractivity contribution in [1.29, 1.82) is 0 Å². The fourth-order valence-electron chi connectivity index (χ4n) is 2.85. The third-order valence-corrected chi connectivity index (χ3v) is 5.08. The van der Waals surface area contributed by atoms with E-state index in [4.69, 9.17) is 4.74 Å². The molecule has 0 unspecified atom stereocenters. The molecule has 1 aliphatic heterocycles. The van der Waals surface area contributed by atoms with E-state index >= 15 is 0 Å². The lowest BCUT2D eigenvalue weighted by Crippen LogP contribution is -2.32. The van der Waals surface area contributed by atoms with Crippen LogP contribution < -0.4 is 15.4 Å². The van der Waals surface area contributed by atoms with Gasteiger partial charge in [0.1, 0.15) is 17.2 Å². The molecule has 0 saturated carbocycles. The largest absolute Gasteiger partial charge is 0.491 e. The molecule has 0 saturated heterocycles. The highest BCUT2D eigenvalue weighted by Crippen LogP contribution is 2.28. The number of benzene rings is 1. The van der Waals surface area contributed by atoms with Crippen molar-refractivity contribution in [3.63, 3.8) is 0 Å². The number of nitrogens with zero attached hydrogens (tertiary/aromatic N) is 2. The van der Waals surface area contributed by atoms with Crippen molar-refractivity contribution in [2.75, 3.05) is 25.0 Å². The molecule has 2 N–H and O–H groups in total. The van der Waals surface area contributed by atoms with Gasteiger partial charge in [-0.15, -0.1) is 11.3 Å². The van der Waals surface area contributed by atoms with Crippen LogP contribution in [-0.2, 0) is 6.54 Å². The molecule has 26 heavy (non-hydrogen) atoms. The van der Waals surface area contributed by atoms with Crippen LogP contribution in [0.5, 0.6) is 5.75 Å². The summed E-state index contributed by atoms with van der Waals surface area (Å²) in [6, 6.07) is 5.21. The standard InChI is InChI=1S/C18H22N4O3S/c1-4-19-18(24)21-14-5-6-15-13(9-14)10-22(7-8-25-15)17(23)16-11(2)20-12(3)26-16/h5-6,9H,4,7-8,10H2,1-3H3,(H2,19,21,24). The molecule has 7 nitrogen and oxygen atoms in total. The molecule has 0 atom stereocenters. The molecule has 3 amide bonds. The van der Waals surface area contributed by atoms with Gasteiger partial charge >= 0.3 is 6.03 Å². The van der Waals surface area contributed by atoms with Crippen molar-refractivity contribution in [2.24, 2.45) is 0 Å². The first-order valence-electron chi connectivity index (χ1n) is 8.51. The van der Waals surface area contributed by atoms with Crippen LogP contribution in [0.2, 0.25) is 0 Å². The number of carbonyl (C=O) groups is 2. The molecule has 1 aromatic carbocycles. The van der Waals surface area contributed by atoms with Crippen LogP contribution in [0.3, 0.4) is 0 Å². The number of nitrogens with one attached hydrogen (secondary N) is 2. The van der Waals surface area contributed by atoms with Crippen LogP contribution in [0.1, 0.15) is 32.9 Å². The molecule has 1 aromatic heterocycles. The van der Waals surface area contributed by atoms with E-state index in [1.165, 1.54) is 11.3 Å². The predicted molar refractivity (Wildman–Crippen MR) is 101 cm³/mol. The average Bonchev–Trinajstić information content (AvgIpc) is 2.80. The van der Waals surface area contributed by atoms with Crippen LogP contribution in [0.4, 0.5) is 10.5 Å². The number of rotatable bonds is 3. The first-order valence-corrected chi connectivity index (χ1v) is 9.33. The number of ether oxygens (including phenoxy) is 1. The maximum absolute atomic E-state index is 12.9. The van der Waals surface area contributed by atoms with Crippen molar-refractivity contribution < 1.29 is 14.3 Å². The van der Waals surface area contributed by atoms with E-state index in [9.17, 15) is 9.59 Å². The molecule has 0 spiro atoms. The molecule has 138 valence electrons. The van der Waals surface area contributed by atoms with E-state index < -0.39 is 0 Å². The summed E-state index contributed by atoms with van der Waals surface area (Å²) in [7, 11) is 0. The Labute approximate surface area is 156 Å². The minimum absolute atomic E-state index is 0.0355. The fourth-order valence-corrected chi connectivity index (χ4v) is 3.74. The number of urea groups is 1. The number of thiazole rings is 1. The number of amides is 3. The van der Waals surface area contributed by atoms with E-state index in [0.29, 0.717) is 36.8 Å². The van der Waals surface area contributed by atoms with E-state index in [1.807, 2.05) is 32.9 Å². The highest BCUT2D eigenvalue weighted by Gasteiger charge is 2.24. The average molecular weight is 374 g/mol. The van der Waals surface area contributed by atoms with Crippen LogP contribution >= 0.6 is 11.3 Å². The number of hydrogen-bond donors (Lipinski definition) is 2. The zero-order chi connectivity index (χ0) is 18.7. The summed E-state index contributed by atoms with van der Waals surface area (Å²) in [6.45, 7) is 7.52. The second-order valence-corrected chi connectivity index (χ2v) is 7.23. The van der Waals surface area contributed by atoms with Gasteiger partial charge in [0.15, 0.2) is 0 Å². The monoisotopic (exact) mass is 374 g/mol. The van der Waals surface area contributed by atoms with Gasteiger partial charge in [0.2, 0.25) is 0 Å². The van der Waals surface area contributed by atoms with Crippen LogP contribution in [0, 0.1) is 13.8 Å². The van der Waals surface area contributed by atoms with Gasteiger partial charge in [0, 0.05) is 24.3 Å². The molecule has 0 radical (unpaired) electrons. The Morgan fingerprint density at radius 3 is 2.85 bits per heavy atom. The summed E-state index contributed by atoms with van der Waals surface area (Å²) < 4.78 is 5.77. The first kappa shape index (κ1) is 18.2. The van der Waals surface area contributed by atoms with Crippen LogP contribution in [-0.4, -0.2) is 41.5 Å². The molecule has 0 bridgehead atoms. The SMILES string of the molecule is CCNC(=O)Nc1ccc2c(c1)CN(C(=O)c1sc(C)nc1C)CCO2. The number of aromatic nitrogens is 1. The quantitative estimate of drug-likeness (QED) is 0.865. The molecule has 2 heterocycles. The van der Waals surface area contributed by atoms with Gasteiger partial charge in [-0.25, -0.2) is 9.78 Å². The van der Waals surface area contributed by atoms with Gasteiger partial charge in [-0.05, 0) is 39.0 Å². The minimum atomic E-state index is -0.259. The van der Waals surface area contributed by atoms with Crippen molar-refractivity contribution in [3.8, 4) is 5.75 Å². The number of fused-ring (bicyclic) bond motifs is 1. The van der Waals surface area contributed by atoms with Gasteiger partial charge in [-0.2, -0.15) is 0 Å². The highest BCUT2D eigenvalue weighted by atomic mass is 32.1. The summed E-state index contributed by atoms with van der Waals surface area (Å²) in [5.41, 5.74) is 2.29. The van der Waals surface area contributed by atoms with Crippen LogP contribution in [0.25, 0.3) is 0 Å². The summed E-state index contributed by atoms with van der Waals surface area (Å²) in [6.07, 6.45) is 0. The van der Waals surface area contributed by atoms with E-state index in [0.717, 1.165) is 22.0 Å². The topological polar surface area (TPSA) is 83.6 Å². The Bertz CT molecular complexity index is 834. The number of carbonyl (C=O) groups excluding carboxylic acids is 2. The molecule has 0 fully saturated rings. The molecule has 8 heteroatoms. The Balaban J connectivity index is 1.81. The zero-order valence-corrected chi connectivity index (χ0v) is 15.9. The number of aryl methyl sites for hydroxylation is 2. The smallest absolute Gasteiger partial charge is 0.319 e. The third-order valence-electron chi connectivity index (χ3n) is 4.02. The van der Waals surface area contributed by atoms with Gasteiger partial charge in [0.25, 0.3) is 5.91 Å². The van der Waals surface area contributed by atoms with Crippen molar-refractivity contribution in [3.05, 3.63) is 39.3 Å².